The van der Waals surface area contributed by atoms with Gasteiger partial charge in [-0.25, -0.2) is 4.98 Å². The van der Waals surface area contributed by atoms with Crippen LogP contribution < -0.4 is 5.56 Å². The highest BCUT2D eigenvalue weighted by molar-refractivity contribution is 7.99. The Morgan fingerprint density at radius 2 is 1.95 bits per heavy atom. The van der Waals surface area contributed by atoms with Crippen LogP contribution in [0.5, 0.6) is 0 Å². The quantitative estimate of drug-likeness (QED) is 0.537. The lowest BCUT2D eigenvalue weighted by molar-refractivity contribution is 0.726. The molecular weight excluding hydrogens is 300 g/mol. The molecule has 3 aromatic rings. The van der Waals surface area contributed by atoms with Gasteiger partial charge in [0.25, 0.3) is 5.56 Å². The fourth-order valence-corrected chi connectivity index (χ4v) is 4.00. The van der Waals surface area contributed by atoms with Crippen LogP contribution in [0.1, 0.15) is 13.8 Å². The van der Waals surface area contributed by atoms with Gasteiger partial charge in [-0.2, -0.15) is 0 Å². The molecule has 0 aliphatic carbocycles. The predicted octanol–water partition coefficient (Wildman–Crippen LogP) is 4.16. The molecule has 5 heteroatoms. The molecular formula is C16H16N2OS2. The number of fused-ring (bicyclic) bond motifs is 1. The predicted molar refractivity (Wildman–Crippen MR) is 91.3 cm³/mol. The molecule has 2 aromatic heterocycles. The van der Waals surface area contributed by atoms with Crippen molar-refractivity contribution in [3.05, 3.63) is 46.1 Å². The SMILES string of the molecule is CC(C)Sc1nc2scc(-c3ccccc3)c2c(=O)n1C. The minimum atomic E-state index is 0.0308. The molecule has 108 valence electrons. The van der Waals surface area contributed by atoms with E-state index in [1.54, 1.807) is 23.4 Å². The Balaban J connectivity index is 2.24. The first-order chi connectivity index (χ1) is 10.1. The van der Waals surface area contributed by atoms with Crippen LogP contribution in [-0.2, 0) is 7.05 Å². The maximum Gasteiger partial charge on any atom is 0.263 e. The summed E-state index contributed by atoms with van der Waals surface area (Å²) in [7, 11) is 1.80. The number of nitrogens with zero attached hydrogens (tertiary/aromatic N) is 2. The number of hydrogen-bond acceptors (Lipinski definition) is 4. The lowest BCUT2D eigenvalue weighted by atomic mass is 10.1. The van der Waals surface area contributed by atoms with E-state index in [0.29, 0.717) is 5.25 Å². The van der Waals surface area contributed by atoms with Crippen molar-refractivity contribution in [2.75, 3.05) is 0 Å². The molecule has 21 heavy (non-hydrogen) atoms. The van der Waals surface area contributed by atoms with Crippen molar-refractivity contribution in [1.29, 1.82) is 0 Å². The van der Waals surface area contributed by atoms with Crippen LogP contribution in [-0.4, -0.2) is 14.8 Å². The van der Waals surface area contributed by atoms with Gasteiger partial charge < -0.3 is 0 Å². The summed E-state index contributed by atoms with van der Waals surface area (Å²) in [5.74, 6) is 0. The molecule has 0 saturated heterocycles. The van der Waals surface area contributed by atoms with E-state index >= 15 is 0 Å². The Labute approximate surface area is 131 Å². The molecule has 1 aromatic carbocycles. The van der Waals surface area contributed by atoms with E-state index in [-0.39, 0.29) is 5.56 Å². The molecule has 0 aliphatic rings. The molecule has 0 unspecified atom stereocenters. The Kier molecular flexibility index (Phi) is 3.87. The summed E-state index contributed by atoms with van der Waals surface area (Å²) >= 11 is 3.15. The highest BCUT2D eigenvalue weighted by atomic mass is 32.2. The summed E-state index contributed by atoms with van der Waals surface area (Å²) < 4.78 is 1.66. The molecule has 0 N–H and O–H groups in total. The van der Waals surface area contributed by atoms with Crippen LogP contribution >= 0.6 is 23.1 Å². The molecule has 0 aliphatic heterocycles. The zero-order chi connectivity index (χ0) is 15.0. The number of aromatic nitrogens is 2. The van der Waals surface area contributed by atoms with Crippen LogP contribution in [0.25, 0.3) is 21.3 Å². The maximum absolute atomic E-state index is 12.7. The van der Waals surface area contributed by atoms with Crippen molar-refractivity contribution in [1.82, 2.24) is 9.55 Å². The maximum atomic E-state index is 12.7. The van der Waals surface area contributed by atoms with E-state index in [1.807, 2.05) is 35.7 Å². The van der Waals surface area contributed by atoms with E-state index in [4.69, 9.17) is 0 Å². The molecule has 0 bridgehead atoms. The van der Waals surface area contributed by atoms with E-state index in [9.17, 15) is 4.79 Å². The van der Waals surface area contributed by atoms with Crippen molar-refractivity contribution in [2.45, 2.75) is 24.3 Å². The van der Waals surface area contributed by atoms with Gasteiger partial charge in [-0.1, -0.05) is 55.9 Å². The molecule has 3 nitrogen and oxygen atoms in total. The van der Waals surface area contributed by atoms with E-state index in [2.05, 4.69) is 18.8 Å². The summed E-state index contributed by atoms with van der Waals surface area (Å²) in [4.78, 5) is 18.2. The molecule has 0 amide bonds. The Morgan fingerprint density at radius 1 is 1.24 bits per heavy atom. The normalized spacial score (nSPS) is 11.4. The minimum absolute atomic E-state index is 0.0308. The van der Waals surface area contributed by atoms with Gasteiger partial charge in [0.1, 0.15) is 4.83 Å². The van der Waals surface area contributed by atoms with Crippen LogP contribution in [0.3, 0.4) is 0 Å². The number of hydrogen-bond donors (Lipinski definition) is 0. The van der Waals surface area contributed by atoms with E-state index in [0.717, 1.165) is 26.5 Å². The zero-order valence-electron chi connectivity index (χ0n) is 12.2. The average molecular weight is 316 g/mol. The molecule has 3 rings (SSSR count). The molecule has 0 atom stereocenters. The van der Waals surface area contributed by atoms with Crippen LogP contribution in [0, 0.1) is 0 Å². The monoisotopic (exact) mass is 316 g/mol. The first-order valence-electron chi connectivity index (χ1n) is 6.78. The van der Waals surface area contributed by atoms with Gasteiger partial charge in [0.15, 0.2) is 5.16 Å². The van der Waals surface area contributed by atoms with Gasteiger partial charge in [-0.15, -0.1) is 11.3 Å². The second kappa shape index (κ2) is 5.66. The van der Waals surface area contributed by atoms with Gasteiger partial charge in [-0.3, -0.25) is 9.36 Å². The molecule has 0 radical (unpaired) electrons. The standard InChI is InChI=1S/C16H16N2OS2/c1-10(2)21-16-17-14-13(15(19)18(16)3)12(9-20-14)11-7-5-4-6-8-11/h4-10H,1-3H3. The fraction of sp³-hybridized carbons (Fsp3) is 0.250. The van der Waals surface area contributed by atoms with Gasteiger partial charge in [0.05, 0.1) is 5.39 Å². The summed E-state index contributed by atoms with van der Waals surface area (Å²) in [6, 6.07) is 10.0. The van der Waals surface area contributed by atoms with Gasteiger partial charge in [-0.05, 0) is 5.56 Å². The first kappa shape index (κ1) is 14.4. The number of thioether (sulfide) groups is 1. The average Bonchev–Trinajstić information content (AvgIpc) is 2.89. The third kappa shape index (κ3) is 2.63. The fourth-order valence-electron chi connectivity index (χ4n) is 2.20. The van der Waals surface area contributed by atoms with Crippen LogP contribution in [0.4, 0.5) is 0 Å². The number of rotatable bonds is 3. The Hall–Kier alpha value is -1.59. The largest absolute Gasteiger partial charge is 0.290 e. The van der Waals surface area contributed by atoms with Crippen molar-refractivity contribution >= 4 is 33.3 Å². The highest BCUT2D eigenvalue weighted by Gasteiger charge is 2.16. The van der Waals surface area contributed by atoms with Gasteiger partial charge in [0, 0.05) is 23.2 Å². The van der Waals surface area contributed by atoms with Crippen LogP contribution in [0.15, 0.2) is 45.7 Å². The van der Waals surface area contributed by atoms with Crippen LogP contribution in [0.2, 0.25) is 0 Å². The van der Waals surface area contributed by atoms with Crippen molar-refractivity contribution in [3.8, 4) is 11.1 Å². The third-order valence-electron chi connectivity index (χ3n) is 3.20. The number of benzene rings is 1. The minimum Gasteiger partial charge on any atom is -0.290 e. The molecule has 0 fully saturated rings. The van der Waals surface area contributed by atoms with E-state index < -0.39 is 0 Å². The molecule has 2 heterocycles. The Bertz CT molecular complexity index is 835. The molecule has 0 spiro atoms. The topological polar surface area (TPSA) is 34.9 Å². The summed E-state index contributed by atoms with van der Waals surface area (Å²) in [5.41, 5.74) is 2.07. The van der Waals surface area contributed by atoms with E-state index in [1.165, 1.54) is 11.3 Å². The lowest BCUT2D eigenvalue weighted by Gasteiger charge is -2.09. The van der Waals surface area contributed by atoms with Gasteiger partial charge >= 0.3 is 0 Å². The smallest absolute Gasteiger partial charge is 0.263 e. The Morgan fingerprint density at radius 3 is 2.62 bits per heavy atom. The van der Waals surface area contributed by atoms with Crippen molar-refractivity contribution < 1.29 is 0 Å². The summed E-state index contributed by atoms with van der Waals surface area (Å²) in [6.07, 6.45) is 0. The second-order valence-corrected chi connectivity index (χ2v) is 7.52. The highest BCUT2D eigenvalue weighted by Crippen LogP contribution is 2.32. The second-order valence-electron chi connectivity index (χ2n) is 5.12. The first-order valence-corrected chi connectivity index (χ1v) is 8.54. The molecule has 0 saturated carbocycles. The van der Waals surface area contributed by atoms with Crippen molar-refractivity contribution in [2.24, 2.45) is 7.05 Å². The van der Waals surface area contributed by atoms with Gasteiger partial charge in [0.2, 0.25) is 0 Å². The number of thiophene rings is 1. The third-order valence-corrected chi connectivity index (χ3v) is 5.12. The summed E-state index contributed by atoms with van der Waals surface area (Å²) in [6.45, 7) is 4.20. The summed E-state index contributed by atoms with van der Waals surface area (Å²) in [5, 5.41) is 3.93. The lowest BCUT2D eigenvalue weighted by Crippen LogP contribution is -2.20. The zero-order valence-corrected chi connectivity index (χ0v) is 13.8. The van der Waals surface area contributed by atoms with Crippen molar-refractivity contribution in [3.63, 3.8) is 0 Å².